The number of hydrogen-bond donors (Lipinski definition) is 1. The van der Waals surface area contributed by atoms with E-state index in [1.165, 1.54) is 6.26 Å². The average molecular weight is 257 g/mol. The quantitative estimate of drug-likeness (QED) is 0.761. The Morgan fingerprint density at radius 1 is 1.26 bits per heavy atom. The van der Waals surface area contributed by atoms with Crippen LogP contribution in [0.5, 0.6) is 12.1 Å². The summed E-state index contributed by atoms with van der Waals surface area (Å²) in [4.78, 5) is 8.02. The summed E-state index contributed by atoms with van der Waals surface area (Å²) >= 11 is 0. The Morgan fingerprint density at radius 2 is 2.11 bits per heavy atom. The van der Waals surface area contributed by atoms with Crippen LogP contribution in [0.1, 0.15) is 5.69 Å². The fourth-order valence-electron chi connectivity index (χ4n) is 1.51. The highest BCUT2D eigenvalue weighted by molar-refractivity contribution is 5.29. The zero-order valence-corrected chi connectivity index (χ0v) is 9.93. The van der Waals surface area contributed by atoms with Gasteiger partial charge in [0.15, 0.2) is 0 Å². The maximum atomic E-state index is 5.42. The summed E-state index contributed by atoms with van der Waals surface area (Å²) in [5, 5.41) is 4.16. The number of nitrogens with zero attached hydrogens (tertiary/aromatic N) is 4. The summed E-state index contributed by atoms with van der Waals surface area (Å²) in [5.41, 5.74) is 6.92. The lowest BCUT2D eigenvalue weighted by Crippen LogP contribution is -1.96. The number of aromatic nitrogens is 4. The Kier molecular flexibility index (Phi) is 2.95. The molecule has 3 rings (SSSR count). The number of benzene rings is 1. The van der Waals surface area contributed by atoms with E-state index in [9.17, 15) is 0 Å². The second-order valence-corrected chi connectivity index (χ2v) is 3.72. The summed E-state index contributed by atoms with van der Waals surface area (Å²) in [7, 11) is 0. The third kappa shape index (κ3) is 2.45. The maximum absolute atomic E-state index is 5.42. The van der Waals surface area contributed by atoms with Crippen molar-refractivity contribution in [2.24, 2.45) is 5.73 Å². The molecule has 7 nitrogen and oxygen atoms in total. The normalized spacial score (nSPS) is 10.6. The molecule has 0 aliphatic carbocycles. The van der Waals surface area contributed by atoms with Gasteiger partial charge in [-0.25, -0.2) is 4.68 Å². The minimum Gasteiger partial charge on any atom is -0.417 e. The van der Waals surface area contributed by atoms with Crippen molar-refractivity contribution < 1.29 is 9.15 Å². The van der Waals surface area contributed by atoms with Crippen molar-refractivity contribution in [3.05, 3.63) is 48.6 Å². The van der Waals surface area contributed by atoms with Gasteiger partial charge in [-0.15, -0.1) is 5.10 Å². The highest BCUT2D eigenvalue weighted by Crippen LogP contribution is 2.17. The van der Waals surface area contributed by atoms with E-state index < -0.39 is 0 Å². The maximum Gasteiger partial charge on any atom is 0.401 e. The van der Waals surface area contributed by atoms with Crippen LogP contribution in [0.25, 0.3) is 5.69 Å². The van der Waals surface area contributed by atoms with Gasteiger partial charge in [-0.05, 0) is 12.1 Å². The molecule has 3 aromatic rings. The lowest BCUT2D eigenvalue weighted by molar-refractivity contribution is 0.311. The van der Waals surface area contributed by atoms with E-state index in [1.54, 1.807) is 11.0 Å². The first kappa shape index (κ1) is 11.4. The van der Waals surface area contributed by atoms with Crippen LogP contribution in [0.15, 0.2) is 47.3 Å². The molecule has 0 saturated carbocycles. The fourth-order valence-corrected chi connectivity index (χ4v) is 1.51. The van der Waals surface area contributed by atoms with Crippen LogP contribution < -0.4 is 10.5 Å². The molecule has 7 heteroatoms. The first-order valence-corrected chi connectivity index (χ1v) is 5.64. The highest BCUT2D eigenvalue weighted by Gasteiger charge is 2.09. The minimum absolute atomic E-state index is 0.0752. The number of hydrogen-bond acceptors (Lipinski definition) is 6. The minimum atomic E-state index is 0.0752. The van der Waals surface area contributed by atoms with Gasteiger partial charge in [-0.2, -0.15) is 9.97 Å². The average Bonchev–Trinajstić information content (AvgIpc) is 3.09. The van der Waals surface area contributed by atoms with Gasteiger partial charge in [0.1, 0.15) is 12.6 Å². The number of ether oxygens (including phenoxy) is 1. The van der Waals surface area contributed by atoms with Crippen molar-refractivity contribution in [1.82, 2.24) is 19.7 Å². The molecule has 0 radical (unpaired) electrons. The lowest BCUT2D eigenvalue weighted by Gasteiger charge is -1.97. The molecule has 1 aromatic carbocycles. The molecule has 2 heterocycles. The summed E-state index contributed by atoms with van der Waals surface area (Å²) in [6.45, 7) is 0.290. The van der Waals surface area contributed by atoms with Crippen LogP contribution >= 0.6 is 0 Å². The van der Waals surface area contributed by atoms with Crippen molar-refractivity contribution >= 4 is 0 Å². The number of oxazole rings is 1. The molecule has 2 N–H and O–H groups in total. The topological polar surface area (TPSA) is 92.0 Å². The molecule has 0 atom stereocenters. The summed E-state index contributed by atoms with van der Waals surface area (Å²) < 4.78 is 12.0. The molecule has 0 fully saturated rings. The van der Waals surface area contributed by atoms with Gasteiger partial charge in [0.25, 0.3) is 0 Å². The van der Waals surface area contributed by atoms with Crippen LogP contribution in [0.2, 0.25) is 0 Å². The van der Waals surface area contributed by atoms with E-state index in [1.807, 2.05) is 30.3 Å². The summed E-state index contributed by atoms with van der Waals surface area (Å²) in [6.07, 6.45) is 3.06. The number of para-hydroxylation sites is 1. The van der Waals surface area contributed by atoms with Crippen molar-refractivity contribution in [2.45, 2.75) is 6.54 Å². The predicted molar refractivity (Wildman–Crippen MR) is 65.8 cm³/mol. The predicted octanol–water partition coefficient (Wildman–Crippen LogP) is 1.51. The fraction of sp³-hybridized carbons (Fsp3) is 0.0833. The molecule has 0 spiro atoms. The van der Waals surface area contributed by atoms with Crippen molar-refractivity contribution in [1.29, 1.82) is 0 Å². The van der Waals surface area contributed by atoms with Crippen LogP contribution in [-0.2, 0) is 6.54 Å². The number of rotatable bonds is 4. The van der Waals surface area contributed by atoms with E-state index in [-0.39, 0.29) is 12.1 Å². The van der Waals surface area contributed by atoms with E-state index in [2.05, 4.69) is 15.1 Å². The first-order valence-electron chi connectivity index (χ1n) is 5.64. The largest absolute Gasteiger partial charge is 0.417 e. The third-order valence-corrected chi connectivity index (χ3v) is 2.41. The third-order valence-electron chi connectivity index (χ3n) is 2.41. The van der Waals surface area contributed by atoms with Crippen LogP contribution in [0, 0.1) is 0 Å². The molecule has 96 valence electrons. The Morgan fingerprint density at radius 3 is 2.84 bits per heavy atom. The van der Waals surface area contributed by atoms with Crippen molar-refractivity contribution in [3.63, 3.8) is 0 Å². The van der Waals surface area contributed by atoms with Gasteiger partial charge in [-0.1, -0.05) is 18.2 Å². The zero-order valence-electron chi connectivity index (χ0n) is 9.93. The van der Waals surface area contributed by atoms with Gasteiger partial charge < -0.3 is 14.9 Å². The Labute approximate surface area is 108 Å². The first-order chi connectivity index (χ1) is 9.35. The van der Waals surface area contributed by atoms with Gasteiger partial charge >= 0.3 is 12.1 Å². The Balaban J connectivity index is 1.78. The molecule has 0 aliphatic rings. The lowest BCUT2D eigenvalue weighted by atomic mass is 10.3. The standard InChI is InChI=1S/C12H11N5O2/c13-6-9-7-18-12(15-9)19-11-14-8-17(16-11)10-4-2-1-3-5-10/h1-5,7-8H,6,13H2. The van der Waals surface area contributed by atoms with E-state index >= 15 is 0 Å². The molecule has 19 heavy (non-hydrogen) atoms. The van der Waals surface area contributed by atoms with Gasteiger partial charge in [0.05, 0.1) is 11.4 Å². The second-order valence-electron chi connectivity index (χ2n) is 3.72. The summed E-state index contributed by atoms with van der Waals surface area (Å²) in [6, 6.07) is 9.75. The van der Waals surface area contributed by atoms with Crippen LogP contribution in [0.3, 0.4) is 0 Å². The van der Waals surface area contributed by atoms with Crippen molar-refractivity contribution in [3.8, 4) is 17.8 Å². The van der Waals surface area contributed by atoms with Gasteiger partial charge in [0, 0.05) is 6.54 Å². The summed E-state index contributed by atoms with van der Waals surface area (Å²) in [5.74, 6) is 0. The Hall–Kier alpha value is -2.67. The molecular weight excluding hydrogens is 246 g/mol. The monoisotopic (exact) mass is 257 g/mol. The molecule has 0 unspecified atom stereocenters. The molecule has 0 saturated heterocycles. The van der Waals surface area contributed by atoms with Gasteiger partial charge in [0.2, 0.25) is 0 Å². The van der Waals surface area contributed by atoms with Crippen LogP contribution in [-0.4, -0.2) is 19.7 Å². The smallest absolute Gasteiger partial charge is 0.401 e. The molecule has 0 amide bonds. The zero-order chi connectivity index (χ0) is 13.1. The van der Waals surface area contributed by atoms with Crippen LogP contribution in [0.4, 0.5) is 0 Å². The Bertz CT molecular complexity index is 662. The SMILES string of the molecule is NCc1coc(Oc2ncn(-c3ccccc3)n2)n1. The van der Waals surface area contributed by atoms with Gasteiger partial charge in [-0.3, -0.25) is 0 Å². The van der Waals surface area contributed by atoms with E-state index in [4.69, 9.17) is 14.9 Å². The molecule has 0 aliphatic heterocycles. The molecule has 2 aromatic heterocycles. The highest BCUT2D eigenvalue weighted by atomic mass is 16.6. The number of nitrogens with two attached hydrogens (primary N) is 1. The van der Waals surface area contributed by atoms with E-state index in [0.29, 0.717) is 12.2 Å². The molecule has 0 bridgehead atoms. The van der Waals surface area contributed by atoms with E-state index in [0.717, 1.165) is 5.69 Å². The van der Waals surface area contributed by atoms with Crippen molar-refractivity contribution in [2.75, 3.05) is 0 Å². The second kappa shape index (κ2) is 4.91. The molecular formula is C12H11N5O2.